The molecule has 0 aromatic heterocycles. The van der Waals surface area contributed by atoms with Crippen molar-refractivity contribution >= 4 is 5.69 Å². The topological polar surface area (TPSA) is 12.0 Å². The maximum Gasteiger partial charge on any atom is 0.0381 e. The first-order valence-electron chi connectivity index (χ1n) is 7.46. The highest BCUT2D eigenvalue weighted by Crippen LogP contribution is 2.30. The summed E-state index contributed by atoms with van der Waals surface area (Å²) in [5.41, 5.74) is 3.89. The SMILES string of the molecule is C/C=C(\C=C(/C)Nc1ccccc1)C1CCCCC1. The van der Waals surface area contributed by atoms with Gasteiger partial charge in [0.25, 0.3) is 0 Å². The van der Waals surface area contributed by atoms with Crippen molar-refractivity contribution < 1.29 is 0 Å². The standard InChI is InChI=1S/C18H25N/c1-3-16(17-10-6-4-7-11-17)14-15(2)19-18-12-8-5-9-13-18/h3,5,8-9,12-14,17,19H,4,6-7,10-11H2,1-2H3/b15-14+,16-3+. The first-order valence-corrected chi connectivity index (χ1v) is 7.46. The number of anilines is 1. The molecule has 1 aromatic carbocycles. The second-order valence-corrected chi connectivity index (χ2v) is 5.44. The molecule has 1 heteroatoms. The lowest BCUT2D eigenvalue weighted by Crippen LogP contribution is -2.09. The first-order chi connectivity index (χ1) is 9.29. The summed E-state index contributed by atoms with van der Waals surface area (Å²) < 4.78 is 0. The van der Waals surface area contributed by atoms with Crippen molar-refractivity contribution in [2.24, 2.45) is 5.92 Å². The van der Waals surface area contributed by atoms with Gasteiger partial charge in [-0.3, -0.25) is 0 Å². The molecular weight excluding hydrogens is 230 g/mol. The van der Waals surface area contributed by atoms with E-state index in [2.05, 4.69) is 55.6 Å². The number of hydrogen-bond acceptors (Lipinski definition) is 1. The number of hydrogen-bond donors (Lipinski definition) is 1. The molecule has 1 aliphatic carbocycles. The van der Waals surface area contributed by atoms with Gasteiger partial charge in [0, 0.05) is 11.4 Å². The van der Waals surface area contributed by atoms with Crippen molar-refractivity contribution in [3.05, 3.63) is 53.8 Å². The molecular formula is C18H25N. The monoisotopic (exact) mass is 255 g/mol. The molecule has 102 valence electrons. The van der Waals surface area contributed by atoms with E-state index in [0.29, 0.717) is 0 Å². The van der Waals surface area contributed by atoms with Crippen LogP contribution in [0.5, 0.6) is 0 Å². The Kier molecular flexibility index (Phi) is 5.26. The van der Waals surface area contributed by atoms with Crippen molar-refractivity contribution in [3.63, 3.8) is 0 Å². The largest absolute Gasteiger partial charge is 0.359 e. The molecule has 1 N–H and O–H groups in total. The second kappa shape index (κ2) is 7.18. The zero-order valence-electron chi connectivity index (χ0n) is 12.2. The minimum absolute atomic E-state index is 0.770. The summed E-state index contributed by atoms with van der Waals surface area (Å²) in [4.78, 5) is 0. The van der Waals surface area contributed by atoms with Gasteiger partial charge in [-0.15, -0.1) is 0 Å². The van der Waals surface area contributed by atoms with Gasteiger partial charge < -0.3 is 5.32 Å². The van der Waals surface area contributed by atoms with E-state index in [9.17, 15) is 0 Å². The van der Waals surface area contributed by atoms with Crippen molar-refractivity contribution in [2.75, 3.05) is 5.32 Å². The summed E-state index contributed by atoms with van der Waals surface area (Å²) in [6, 6.07) is 10.4. The van der Waals surface area contributed by atoms with Crippen LogP contribution >= 0.6 is 0 Å². The van der Waals surface area contributed by atoms with Gasteiger partial charge in [-0.05, 0) is 56.4 Å². The molecule has 1 nitrogen and oxygen atoms in total. The maximum atomic E-state index is 3.47. The van der Waals surface area contributed by atoms with Crippen molar-refractivity contribution in [3.8, 4) is 0 Å². The van der Waals surface area contributed by atoms with Crippen LogP contribution in [-0.2, 0) is 0 Å². The fourth-order valence-electron chi connectivity index (χ4n) is 2.91. The minimum Gasteiger partial charge on any atom is -0.359 e. The van der Waals surface area contributed by atoms with E-state index in [-0.39, 0.29) is 0 Å². The Hall–Kier alpha value is -1.50. The lowest BCUT2D eigenvalue weighted by Gasteiger charge is -2.23. The van der Waals surface area contributed by atoms with Gasteiger partial charge in [0.05, 0.1) is 0 Å². The molecule has 1 aliphatic rings. The van der Waals surface area contributed by atoms with E-state index in [4.69, 9.17) is 0 Å². The molecule has 0 unspecified atom stereocenters. The van der Waals surface area contributed by atoms with Crippen LogP contribution in [0.15, 0.2) is 53.8 Å². The van der Waals surface area contributed by atoms with Crippen molar-refractivity contribution in [1.29, 1.82) is 0 Å². The predicted molar refractivity (Wildman–Crippen MR) is 84.2 cm³/mol. The highest BCUT2D eigenvalue weighted by Gasteiger charge is 2.15. The van der Waals surface area contributed by atoms with E-state index < -0.39 is 0 Å². The van der Waals surface area contributed by atoms with Crippen LogP contribution in [-0.4, -0.2) is 0 Å². The van der Waals surface area contributed by atoms with Crippen molar-refractivity contribution in [1.82, 2.24) is 0 Å². The summed E-state index contributed by atoms with van der Waals surface area (Å²) in [6.07, 6.45) is 11.5. The van der Waals surface area contributed by atoms with Gasteiger partial charge in [-0.25, -0.2) is 0 Å². The molecule has 1 aromatic rings. The smallest absolute Gasteiger partial charge is 0.0381 e. The summed E-state index contributed by atoms with van der Waals surface area (Å²) in [7, 11) is 0. The highest BCUT2D eigenvalue weighted by atomic mass is 14.9. The predicted octanol–water partition coefficient (Wildman–Crippen LogP) is 5.53. The van der Waals surface area contributed by atoms with E-state index in [0.717, 1.165) is 11.6 Å². The average Bonchev–Trinajstić information content (AvgIpc) is 2.47. The van der Waals surface area contributed by atoms with Gasteiger partial charge >= 0.3 is 0 Å². The van der Waals surface area contributed by atoms with E-state index in [1.807, 2.05) is 6.07 Å². The molecule has 0 amide bonds. The van der Waals surface area contributed by atoms with E-state index >= 15 is 0 Å². The lowest BCUT2D eigenvalue weighted by molar-refractivity contribution is 0.408. The Labute approximate surface area is 117 Å². The third-order valence-electron chi connectivity index (χ3n) is 3.91. The Balaban J connectivity index is 2.01. The summed E-state index contributed by atoms with van der Waals surface area (Å²) >= 11 is 0. The Morgan fingerprint density at radius 1 is 1.11 bits per heavy atom. The molecule has 0 spiro atoms. The fourth-order valence-corrected chi connectivity index (χ4v) is 2.91. The number of rotatable bonds is 4. The molecule has 1 saturated carbocycles. The minimum atomic E-state index is 0.770. The summed E-state index contributed by atoms with van der Waals surface area (Å²) in [6.45, 7) is 4.32. The van der Waals surface area contributed by atoms with Crippen LogP contribution in [0.1, 0.15) is 46.0 Å². The molecule has 0 saturated heterocycles. The number of nitrogens with one attached hydrogen (secondary N) is 1. The van der Waals surface area contributed by atoms with Crippen LogP contribution in [0.4, 0.5) is 5.69 Å². The number of benzene rings is 1. The second-order valence-electron chi connectivity index (χ2n) is 5.44. The number of allylic oxidation sites excluding steroid dienone is 4. The zero-order valence-corrected chi connectivity index (χ0v) is 12.2. The Bertz CT molecular complexity index is 436. The van der Waals surface area contributed by atoms with Crippen LogP contribution in [0, 0.1) is 5.92 Å². The average molecular weight is 255 g/mol. The zero-order chi connectivity index (χ0) is 13.5. The molecule has 0 atom stereocenters. The van der Waals surface area contributed by atoms with Crippen molar-refractivity contribution in [2.45, 2.75) is 46.0 Å². The van der Waals surface area contributed by atoms with Crippen LogP contribution in [0.25, 0.3) is 0 Å². The van der Waals surface area contributed by atoms with Crippen LogP contribution < -0.4 is 5.32 Å². The van der Waals surface area contributed by atoms with Gasteiger partial charge in [0.1, 0.15) is 0 Å². The third kappa shape index (κ3) is 4.27. The third-order valence-corrected chi connectivity index (χ3v) is 3.91. The highest BCUT2D eigenvalue weighted by molar-refractivity contribution is 5.48. The van der Waals surface area contributed by atoms with E-state index in [1.54, 1.807) is 0 Å². The first kappa shape index (κ1) is 13.9. The van der Waals surface area contributed by atoms with Gasteiger partial charge in [0.15, 0.2) is 0 Å². The van der Waals surface area contributed by atoms with Crippen LogP contribution in [0.2, 0.25) is 0 Å². The molecule has 0 bridgehead atoms. The normalized spacial score (nSPS) is 18.4. The Morgan fingerprint density at radius 3 is 2.42 bits per heavy atom. The van der Waals surface area contributed by atoms with Gasteiger partial charge in [-0.2, -0.15) is 0 Å². The Morgan fingerprint density at radius 2 is 1.79 bits per heavy atom. The number of para-hydroxylation sites is 1. The summed E-state index contributed by atoms with van der Waals surface area (Å²) in [5, 5.41) is 3.47. The molecule has 19 heavy (non-hydrogen) atoms. The molecule has 1 fully saturated rings. The lowest BCUT2D eigenvalue weighted by atomic mass is 9.83. The molecule has 0 heterocycles. The summed E-state index contributed by atoms with van der Waals surface area (Å²) in [5.74, 6) is 0.770. The van der Waals surface area contributed by atoms with E-state index in [1.165, 1.54) is 43.4 Å². The van der Waals surface area contributed by atoms with Gasteiger partial charge in [-0.1, -0.05) is 43.5 Å². The van der Waals surface area contributed by atoms with Crippen LogP contribution in [0.3, 0.4) is 0 Å². The molecule has 2 rings (SSSR count). The maximum absolute atomic E-state index is 3.47. The van der Waals surface area contributed by atoms with Gasteiger partial charge in [0.2, 0.25) is 0 Å². The molecule has 0 radical (unpaired) electrons. The quantitative estimate of drug-likeness (QED) is 0.698. The molecule has 0 aliphatic heterocycles. The fraction of sp³-hybridized carbons (Fsp3) is 0.444.